The fraction of sp³-hybridized carbons (Fsp3) is 0.381. The number of rotatable bonds is 2. The van der Waals surface area contributed by atoms with Gasteiger partial charge in [0.05, 0.1) is 0 Å². The number of amides is 1. The molecule has 1 fully saturated rings. The van der Waals surface area contributed by atoms with Crippen LogP contribution in [0.4, 0.5) is 0 Å². The number of fused-ring (bicyclic) bond motifs is 2. The van der Waals surface area contributed by atoms with Crippen molar-refractivity contribution in [3.8, 4) is 11.1 Å². The summed E-state index contributed by atoms with van der Waals surface area (Å²) in [6.07, 6.45) is 7.37. The second-order valence-corrected chi connectivity index (χ2v) is 7.09. The van der Waals surface area contributed by atoms with Crippen molar-refractivity contribution < 1.29 is 4.79 Å². The lowest BCUT2D eigenvalue weighted by Gasteiger charge is -2.45. The number of hydrogen-bond acceptors (Lipinski definition) is 1. The van der Waals surface area contributed by atoms with Crippen molar-refractivity contribution in [2.75, 3.05) is 6.54 Å². The van der Waals surface area contributed by atoms with Crippen molar-refractivity contribution in [3.63, 3.8) is 0 Å². The third kappa shape index (κ3) is 2.56. The molecule has 118 valence electrons. The van der Waals surface area contributed by atoms with Crippen LogP contribution in [-0.4, -0.2) is 17.9 Å². The van der Waals surface area contributed by atoms with Crippen LogP contribution in [0.5, 0.6) is 0 Å². The molecule has 2 aliphatic rings. The van der Waals surface area contributed by atoms with Crippen molar-refractivity contribution in [2.24, 2.45) is 0 Å². The van der Waals surface area contributed by atoms with E-state index in [1.165, 1.54) is 54.4 Å². The Morgan fingerprint density at radius 1 is 0.913 bits per heavy atom. The van der Waals surface area contributed by atoms with Crippen LogP contribution < -0.4 is 0 Å². The average Bonchev–Trinajstić information content (AvgIpc) is 2.62. The van der Waals surface area contributed by atoms with Crippen LogP contribution >= 0.6 is 0 Å². The fourth-order valence-electron chi connectivity index (χ4n) is 4.53. The number of benzene rings is 2. The third-order valence-electron chi connectivity index (χ3n) is 5.62. The van der Waals surface area contributed by atoms with Gasteiger partial charge in [0.2, 0.25) is 6.41 Å². The molecule has 0 N–H and O–H groups in total. The van der Waals surface area contributed by atoms with Crippen LogP contribution in [0.3, 0.4) is 0 Å². The van der Waals surface area contributed by atoms with Gasteiger partial charge >= 0.3 is 0 Å². The topological polar surface area (TPSA) is 20.3 Å². The van der Waals surface area contributed by atoms with Crippen LogP contribution in [0, 0.1) is 0 Å². The summed E-state index contributed by atoms with van der Waals surface area (Å²) >= 11 is 0. The van der Waals surface area contributed by atoms with Crippen molar-refractivity contribution >= 4 is 6.41 Å². The molecule has 0 saturated heterocycles. The minimum atomic E-state index is 0.196. The normalized spacial score (nSPS) is 19.4. The zero-order chi connectivity index (χ0) is 15.7. The average molecular weight is 305 g/mol. The van der Waals surface area contributed by atoms with Gasteiger partial charge in [-0.3, -0.25) is 4.79 Å². The Labute approximate surface area is 138 Å². The predicted molar refractivity (Wildman–Crippen MR) is 93.1 cm³/mol. The lowest BCUT2D eigenvalue weighted by Crippen LogP contribution is -2.46. The second kappa shape index (κ2) is 5.84. The molecule has 4 rings (SSSR count). The summed E-state index contributed by atoms with van der Waals surface area (Å²) in [7, 11) is 0. The van der Waals surface area contributed by atoms with Gasteiger partial charge in [0.1, 0.15) is 0 Å². The van der Waals surface area contributed by atoms with Gasteiger partial charge in [-0.25, -0.2) is 0 Å². The summed E-state index contributed by atoms with van der Waals surface area (Å²) in [5.74, 6) is 0. The maximum atomic E-state index is 11.5. The van der Waals surface area contributed by atoms with E-state index in [0.717, 1.165) is 19.5 Å². The molecule has 2 nitrogen and oxygen atoms in total. The zero-order valence-electron chi connectivity index (χ0n) is 13.5. The molecule has 2 heteroatoms. The number of carbonyl (C=O) groups excluding carboxylic acids is 1. The van der Waals surface area contributed by atoms with Gasteiger partial charge in [-0.15, -0.1) is 0 Å². The molecule has 0 atom stereocenters. The summed E-state index contributed by atoms with van der Waals surface area (Å²) in [5, 5.41) is 0. The summed E-state index contributed by atoms with van der Waals surface area (Å²) in [6.45, 7) is 1.65. The fourth-order valence-corrected chi connectivity index (χ4v) is 4.53. The van der Waals surface area contributed by atoms with Crippen molar-refractivity contribution in [3.05, 3.63) is 59.7 Å². The Morgan fingerprint density at radius 2 is 1.70 bits per heavy atom. The first-order valence-electron chi connectivity index (χ1n) is 8.69. The third-order valence-corrected chi connectivity index (χ3v) is 5.62. The van der Waals surface area contributed by atoms with Crippen LogP contribution in [0.25, 0.3) is 11.1 Å². The van der Waals surface area contributed by atoms with Crippen LogP contribution in [0.15, 0.2) is 48.5 Å². The minimum absolute atomic E-state index is 0.196. The molecule has 1 heterocycles. The highest BCUT2D eigenvalue weighted by molar-refractivity contribution is 5.66. The molecule has 1 spiro atoms. The zero-order valence-corrected chi connectivity index (χ0v) is 13.5. The van der Waals surface area contributed by atoms with Crippen molar-refractivity contribution in [1.82, 2.24) is 4.90 Å². The molecular formula is C21H23NO. The van der Waals surface area contributed by atoms with E-state index in [1.54, 1.807) is 0 Å². The number of nitrogens with zero attached hydrogens (tertiary/aromatic N) is 1. The molecule has 0 bridgehead atoms. The molecule has 23 heavy (non-hydrogen) atoms. The van der Waals surface area contributed by atoms with Crippen molar-refractivity contribution in [2.45, 2.75) is 44.1 Å². The standard InChI is InChI=1S/C21H23NO/c23-16-22-14-19-13-18(17-7-3-1-4-8-17)9-10-20(19)21(15-22)11-5-2-6-12-21/h1,3-4,7-10,13,16H,2,5-6,11-12,14-15H2. The Morgan fingerprint density at radius 3 is 2.43 bits per heavy atom. The molecule has 1 saturated carbocycles. The van der Waals surface area contributed by atoms with E-state index in [2.05, 4.69) is 42.5 Å². The Bertz CT molecular complexity index is 701. The highest BCUT2D eigenvalue weighted by atomic mass is 16.1. The first kappa shape index (κ1) is 14.5. The molecule has 2 aromatic carbocycles. The SMILES string of the molecule is O=CN1Cc2cc(-c3ccccc3)ccc2C2(CCCCC2)C1. The highest BCUT2D eigenvalue weighted by Crippen LogP contribution is 2.45. The molecule has 1 aliphatic heterocycles. The molecule has 0 aromatic heterocycles. The van der Waals surface area contributed by atoms with Crippen LogP contribution in [-0.2, 0) is 16.8 Å². The van der Waals surface area contributed by atoms with Gasteiger partial charge < -0.3 is 4.90 Å². The van der Waals surface area contributed by atoms with Crippen LogP contribution in [0.1, 0.15) is 43.2 Å². The quantitative estimate of drug-likeness (QED) is 0.747. The first-order chi connectivity index (χ1) is 11.3. The minimum Gasteiger partial charge on any atom is -0.340 e. The Kier molecular flexibility index (Phi) is 3.68. The number of hydrogen-bond donors (Lipinski definition) is 0. The summed E-state index contributed by atoms with van der Waals surface area (Å²) in [6, 6.07) is 17.4. The summed E-state index contributed by atoms with van der Waals surface area (Å²) < 4.78 is 0. The molecule has 2 aromatic rings. The molecule has 0 unspecified atom stereocenters. The van der Waals surface area contributed by atoms with Gasteiger partial charge in [0, 0.05) is 18.5 Å². The van der Waals surface area contributed by atoms with E-state index in [1.807, 2.05) is 11.0 Å². The van der Waals surface area contributed by atoms with Crippen LogP contribution in [0.2, 0.25) is 0 Å². The van der Waals surface area contributed by atoms with Gasteiger partial charge in [0.15, 0.2) is 0 Å². The molecule has 1 amide bonds. The number of carbonyl (C=O) groups is 1. The predicted octanol–water partition coefficient (Wildman–Crippen LogP) is 4.53. The van der Waals surface area contributed by atoms with E-state index < -0.39 is 0 Å². The molecular weight excluding hydrogens is 282 g/mol. The van der Waals surface area contributed by atoms with E-state index in [4.69, 9.17) is 0 Å². The molecule has 1 aliphatic carbocycles. The second-order valence-electron chi connectivity index (χ2n) is 7.09. The maximum Gasteiger partial charge on any atom is 0.210 e. The largest absolute Gasteiger partial charge is 0.340 e. The smallest absolute Gasteiger partial charge is 0.210 e. The first-order valence-corrected chi connectivity index (χ1v) is 8.69. The summed E-state index contributed by atoms with van der Waals surface area (Å²) in [5.41, 5.74) is 5.53. The monoisotopic (exact) mass is 305 g/mol. The Hall–Kier alpha value is -2.09. The van der Waals surface area contributed by atoms with Gasteiger partial charge in [0.25, 0.3) is 0 Å². The lowest BCUT2D eigenvalue weighted by molar-refractivity contribution is -0.120. The van der Waals surface area contributed by atoms with E-state index >= 15 is 0 Å². The van der Waals surface area contributed by atoms with Crippen molar-refractivity contribution in [1.29, 1.82) is 0 Å². The van der Waals surface area contributed by atoms with E-state index in [0.29, 0.717) is 0 Å². The summed E-state index contributed by atoms with van der Waals surface area (Å²) in [4.78, 5) is 13.5. The van der Waals surface area contributed by atoms with Gasteiger partial charge in [-0.1, -0.05) is 61.7 Å². The van der Waals surface area contributed by atoms with Gasteiger partial charge in [-0.05, 0) is 41.2 Å². The highest BCUT2D eigenvalue weighted by Gasteiger charge is 2.40. The Balaban J connectivity index is 1.79. The lowest BCUT2D eigenvalue weighted by atomic mass is 9.66. The molecule has 0 radical (unpaired) electrons. The van der Waals surface area contributed by atoms with Gasteiger partial charge in [-0.2, -0.15) is 0 Å². The van der Waals surface area contributed by atoms with E-state index in [9.17, 15) is 4.79 Å². The maximum absolute atomic E-state index is 11.5. The van der Waals surface area contributed by atoms with E-state index in [-0.39, 0.29) is 5.41 Å².